The molecule has 4 rings (SSSR count). The molecule has 1 aliphatic carbocycles. The molecule has 1 aromatic carbocycles. The van der Waals surface area contributed by atoms with Gasteiger partial charge in [-0.2, -0.15) is 5.26 Å². The lowest BCUT2D eigenvalue weighted by molar-refractivity contribution is -0.113. The fraction of sp³-hybridized carbons (Fsp3) is 0.440. The van der Waals surface area contributed by atoms with Gasteiger partial charge in [0, 0.05) is 11.4 Å². The second-order valence-corrected chi connectivity index (χ2v) is 10.4. The van der Waals surface area contributed by atoms with Crippen LogP contribution < -0.4 is 10.1 Å². The van der Waals surface area contributed by atoms with E-state index in [-0.39, 0.29) is 11.7 Å². The molecule has 0 saturated heterocycles. The van der Waals surface area contributed by atoms with Crippen LogP contribution in [0.5, 0.6) is 5.75 Å². The standard InChI is InChI=1S/C25H29N5O2S2/c1-4-30-22(14-32-20-11-8-9-16(2)17(20)3)28-29-25(30)33-15-23(31)27-24-19(13-26)18-10-6-5-7-12-21(18)34-24/h8-9,11H,4-7,10,12,14-15H2,1-3H3,(H,27,31). The number of rotatable bonds is 8. The topological polar surface area (TPSA) is 92.8 Å². The number of carbonyl (C=O) groups excluding carboxylic acids is 1. The molecule has 178 valence electrons. The number of carbonyl (C=O) groups is 1. The largest absolute Gasteiger partial charge is 0.485 e. The highest BCUT2D eigenvalue weighted by atomic mass is 32.2. The minimum atomic E-state index is -0.142. The van der Waals surface area contributed by atoms with Crippen molar-refractivity contribution in [2.24, 2.45) is 0 Å². The van der Waals surface area contributed by atoms with Gasteiger partial charge in [-0.25, -0.2) is 0 Å². The maximum absolute atomic E-state index is 12.7. The summed E-state index contributed by atoms with van der Waals surface area (Å²) in [4.78, 5) is 14.0. The third-order valence-electron chi connectivity index (χ3n) is 6.14. The molecular formula is C25H29N5O2S2. The number of nitrogens with zero attached hydrogens (tertiary/aromatic N) is 4. The van der Waals surface area contributed by atoms with E-state index in [1.165, 1.54) is 28.6 Å². The van der Waals surface area contributed by atoms with E-state index in [0.29, 0.717) is 28.9 Å². The van der Waals surface area contributed by atoms with Crippen LogP contribution in [0.25, 0.3) is 0 Å². The molecule has 1 amide bonds. The number of aryl methyl sites for hydroxylation is 2. The maximum Gasteiger partial charge on any atom is 0.235 e. The van der Waals surface area contributed by atoms with Gasteiger partial charge in [0.15, 0.2) is 11.0 Å². The number of anilines is 1. The molecule has 0 unspecified atom stereocenters. The molecule has 0 saturated carbocycles. The Morgan fingerprint density at radius 1 is 1.26 bits per heavy atom. The Morgan fingerprint density at radius 2 is 2.09 bits per heavy atom. The van der Waals surface area contributed by atoms with Gasteiger partial charge >= 0.3 is 0 Å². The zero-order valence-electron chi connectivity index (χ0n) is 19.8. The van der Waals surface area contributed by atoms with Crippen LogP contribution in [0.3, 0.4) is 0 Å². The van der Waals surface area contributed by atoms with E-state index < -0.39 is 0 Å². The van der Waals surface area contributed by atoms with Crippen LogP contribution in [-0.4, -0.2) is 26.4 Å². The lowest BCUT2D eigenvalue weighted by atomic mass is 10.1. The maximum atomic E-state index is 12.7. The fourth-order valence-electron chi connectivity index (χ4n) is 4.11. The van der Waals surface area contributed by atoms with Crippen LogP contribution in [-0.2, 0) is 30.8 Å². The van der Waals surface area contributed by atoms with Gasteiger partial charge in [-0.05, 0) is 69.2 Å². The van der Waals surface area contributed by atoms with Gasteiger partial charge in [0.05, 0.1) is 11.3 Å². The van der Waals surface area contributed by atoms with E-state index in [4.69, 9.17) is 4.74 Å². The van der Waals surface area contributed by atoms with Crippen molar-refractivity contribution < 1.29 is 9.53 Å². The molecule has 1 aliphatic rings. The molecule has 9 heteroatoms. The number of thiophene rings is 1. The van der Waals surface area contributed by atoms with E-state index in [9.17, 15) is 10.1 Å². The van der Waals surface area contributed by atoms with Crippen molar-refractivity contribution in [3.8, 4) is 11.8 Å². The van der Waals surface area contributed by atoms with Gasteiger partial charge in [-0.3, -0.25) is 4.79 Å². The van der Waals surface area contributed by atoms with E-state index in [2.05, 4.69) is 34.6 Å². The number of nitriles is 1. The Kier molecular flexibility index (Phi) is 7.91. The molecule has 0 bridgehead atoms. The molecule has 2 aromatic heterocycles. The van der Waals surface area contributed by atoms with Crippen LogP contribution in [0.1, 0.15) is 59.1 Å². The smallest absolute Gasteiger partial charge is 0.235 e. The highest BCUT2D eigenvalue weighted by Gasteiger charge is 2.21. The molecule has 34 heavy (non-hydrogen) atoms. The first-order chi connectivity index (χ1) is 16.5. The van der Waals surface area contributed by atoms with Crippen LogP contribution in [0, 0.1) is 25.2 Å². The molecule has 3 aromatic rings. The van der Waals surface area contributed by atoms with Gasteiger partial charge < -0.3 is 14.6 Å². The first-order valence-electron chi connectivity index (χ1n) is 11.6. The lowest BCUT2D eigenvalue weighted by Crippen LogP contribution is -2.15. The highest BCUT2D eigenvalue weighted by molar-refractivity contribution is 7.99. The minimum absolute atomic E-state index is 0.142. The van der Waals surface area contributed by atoms with Gasteiger partial charge in [0.1, 0.15) is 23.4 Å². The number of amides is 1. The van der Waals surface area contributed by atoms with Crippen LogP contribution in [0.4, 0.5) is 5.00 Å². The van der Waals surface area contributed by atoms with Crippen molar-refractivity contribution in [1.29, 1.82) is 5.26 Å². The van der Waals surface area contributed by atoms with Crippen molar-refractivity contribution in [3.05, 3.63) is 51.2 Å². The predicted octanol–water partition coefficient (Wildman–Crippen LogP) is 5.43. The van der Waals surface area contributed by atoms with Gasteiger partial charge in [0.25, 0.3) is 0 Å². The number of hydrogen-bond donors (Lipinski definition) is 1. The van der Waals surface area contributed by atoms with Crippen LogP contribution in [0.15, 0.2) is 23.4 Å². The first kappa shape index (κ1) is 24.3. The van der Waals surface area contributed by atoms with E-state index in [1.54, 1.807) is 11.3 Å². The van der Waals surface area contributed by atoms with Crippen molar-refractivity contribution in [2.75, 3.05) is 11.1 Å². The SMILES string of the molecule is CCn1c(COc2cccc(C)c2C)nnc1SCC(=O)Nc1sc2c(c1C#N)CCCCC2. The zero-order valence-corrected chi connectivity index (χ0v) is 21.4. The number of benzene rings is 1. The van der Waals surface area contributed by atoms with Gasteiger partial charge in [-0.15, -0.1) is 21.5 Å². The van der Waals surface area contributed by atoms with E-state index in [1.807, 2.05) is 30.5 Å². The summed E-state index contributed by atoms with van der Waals surface area (Å²) in [5.74, 6) is 1.61. The predicted molar refractivity (Wildman–Crippen MR) is 136 cm³/mol. The zero-order chi connectivity index (χ0) is 24.1. The Bertz CT molecular complexity index is 1220. The molecule has 7 nitrogen and oxygen atoms in total. The third kappa shape index (κ3) is 5.29. The summed E-state index contributed by atoms with van der Waals surface area (Å²) in [6.07, 6.45) is 5.35. The normalized spacial score (nSPS) is 13.1. The van der Waals surface area contributed by atoms with Crippen LogP contribution >= 0.6 is 23.1 Å². The van der Waals surface area contributed by atoms with E-state index >= 15 is 0 Å². The fourth-order valence-corrected chi connectivity index (χ4v) is 6.19. The van der Waals surface area contributed by atoms with Crippen molar-refractivity contribution in [2.45, 2.75) is 71.2 Å². The lowest BCUT2D eigenvalue weighted by Gasteiger charge is -2.11. The van der Waals surface area contributed by atoms with Crippen LogP contribution in [0.2, 0.25) is 0 Å². The average molecular weight is 496 g/mol. The molecule has 0 spiro atoms. The minimum Gasteiger partial charge on any atom is -0.485 e. The Balaban J connectivity index is 1.38. The highest BCUT2D eigenvalue weighted by Crippen LogP contribution is 2.37. The molecule has 2 heterocycles. The number of nitrogens with one attached hydrogen (secondary N) is 1. The van der Waals surface area contributed by atoms with Crippen molar-refractivity contribution in [1.82, 2.24) is 14.8 Å². The van der Waals surface area contributed by atoms with Gasteiger partial charge in [0.2, 0.25) is 5.91 Å². The second-order valence-electron chi connectivity index (χ2n) is 8.35. The molecule has 0 radical (unpaired) electrons. The molecular weight excluding hydrogens is 466 g/mol. The molecule has 0 aliphatic heterocycles. The Labute approximate surface area is 208 Å². The average Bonchev–Trinajstić information content (AvgIpc) is 3.29. The van der Waals surface area contributed by atoms with Crippen molar-refractivity contribution >= 4 is 34.0 Å². The molecule has 0 atom stereocenters. The summed E-state index contributed by atoms with van der Waals surface area (Å²) in [7, 11) is 0. The first-order valence-corrected chi connectivity index (χ1v) is 13.4. The van der Waals surface area contributed by atoms with Crippen molar-refractivity contribution in [3.63, 3.8) is 0 Å². The number of hydrogen-bond acceptors (Lipinski definition) is 7. The quantitative estimate of drug-likeness (QED) is 0.331. The molecule has 0 fully saturated rings. The number of ether oxygens (including phenoxy) is 1. The summed E-state index contributed by atoms with van der Waals surface area (Å²) in [6, 6.07) is 8.30. The summed E-state index contributed by atoms with van der Waals surface area (Å²) in [5.41, 5.74) is 4.06. The van der Waals surface area contributed by atoms with Gasteiger partial charge in [-0.1, -0.05) is 30.3 Å². The Morgan fingerprint density at radius 3 is 2.88 bits per heavy atom. The molecule has 1 N–H and O–H groups in total. The summed E-state index contributed by atoms with van der Waals surface area (Å²) in [6.45, 7) is 7.11. The summed E-state index contributed by atoms with van der Waals surface area (Å²) < 4.78 is 7.97. The summed E-state index contributed by atoms with van der Waals surface area (Å²) in [5, 5.41) is 22.6. The third-order valence-corrected chi connectivity index (χ3v) is 8.31. The summed E-state index contributed by atoms with van der Waals surface area (Å²) >= 11 is 2.90. The second kappa shape index (κ2) is 11.1. The number of aromatic nitrogens is 3. The number of fused-ring (bicyclic) bond motifs is 1. The Hall–Kier alpha value is -2.83. The van der Waals surface area contributed by atoms with E-state index in [0.717, 1.165) is 48.4 Å². The number of thioether (sulfide) groups is 1. The monoisotopic (exact) mass is 495 g/mol.